The first-order valence-corrected chi connectivity index (χ1v) is 6.04. The average Bonchev–Trinajstić information content (AvgIpc) is 2.47. The van der Waals surface area contributed by atoms with E-state index >= 15 is 0 Å². The summed E-state index contributed by atoms with van der Waals surface area (Å²) in [6.45, 7) is 0.113. The van der Waals surface area contributed by atoms with Crippen molar-refractivity contribution < 1.29 is 9.18 Å². The molecule has 1 aromatic carbocycles. The van der Waals surface area contributed by atoms with E-state index in [1.54, 1.807) is 30.3 Å². The molecule has 0 spiro atoms. The number of pyridine rings is 1. The number of carbonyl (C=O) groups is 1. The van der Waals surface area contributed by atoms with Crippen molar-refractivity contribution in [1.29, 1.82) is 5.26 Å². The van der Waals surface area contributed by atoms with Gasteiger partial charge in [0.2, 0.25) is 0 Å². The first kappa shape index (κ1) is 13.7. The van der Waals surface area contributed by atoms with E-state index in [2.05, 4.69) is 10.3 Å². The largest absolute Gasteiger partial charge is 0.348 e. The van der Waals surface area contributed by atoms with Crippen LogP contribution in [0.4, 0.5) is 4.39 Å². The van der Waals surface area contributed by atoms with Crippen LogP contribution < -0.4 is 5.32 Å². The standard InChI is InChI=1S/C15H12FN3O/c16-14-4-2-1-3-12(14)10-19-15(20)11-6-8-18-13(9-11)5-7-17/h1-4,6,8-9H,5,10H2,(H,19,20). The number of benzene rings is 1. The molecule has 0 aliphatic heterocycles. The summed E-state index contributed by atoms with van der Waals surface area (Å²) in [7, 11) is 0. The van der Waals surface area contributed by atoms with Gasteiger partial charge in [-0.3, -0.25) is 9.78 Å². The summed E-state index contributed by atoms with van der Waals surface area (Å²) in [5.41, 5.74) is 1.36. The number of hydrogen-bond donors (Lipinski definition) is 1. The summed E-state index contributed by atoms with van der Waals surface area (Å²) in [4.78, 5) is 15.9. The molecule has 1 amide bonds. The molecule has 1 aromatic heterocycles. The van der Waals surface area contributed by atoms with E-state index in [1.165, 1.54) is 12.3 Å². The molecule has 0 radical (unpaired) electrons. The molecule has 0 unspecified atom stereocenters. The molecule has 1 N–H and O–H groups in total. The molecule has 100 valence electrons. The van der Waals surface area contributed by atoms with Gasteiger partial charge in [0, 0.05) is 23.9 Å². The molecular weight excluding hydrogens is 257 g/mol. The Kier molecular flexibility index (Phi) is 4.40. The molecular formula is C15H12FN3O. The van der Waals surface area contributed by atoms with Gasteiger partial charge in [-0.25, -0.2) is 4.39 Å². The van der Waals surface area contributed by atoms with Gasteiger partial charge in [0.15, 0.2) is 0 Å². The van der Waals surface area contributed by atoms with Crippen LogP contribution in [-0.4, -0.2) is 10.9 Å². The highest BCUT2D eigenvalue weighted by Crippen LogP contribution is 2.07. The van der Waals surface area contributed by atoms with Crippen LogP contribution in [0.25, 0.3) is 0 Å². The number of amides is 1. The number of nitriles is 1. The number of nitrogens with one attached hydrogen (secondary N) is 1. The summed E-state index contributed by atoms with van der Waals surface area (Å²) in [6.07, 6.45) is 1.62. The minimum atomic E-state index is -0.354. The Morgan fingerprint density at radius 1 is 1.35 bits per heavy atom. The zero-order valence-electron chi connectivity index (χ0n) is 10.6. The molecule has 0 fully saturated rings. The number of hydrogen-bond acceptors (Lipinski definition) is 3. The van der Waals surface area contributed by atoms with Crippen molar-refractivity contribution in [1.82, 2.24) is 10.3 Å². The van der Waals surface area contributed by atoms with E-state index < -0.39 is 0 Å². The molecule has 0 aliphatic rings. The lowest BCUT2D eigenvalue weighted by atomic mass is 10.1. The van der Waals surface area contributed by atoms with Crippen LogP contribution in [0.5, 0.6) is 0 Å². The van der Waals surface area contributed by atoms with E-state index in [0.717, 1.165) is 0 Å². The highest BCUT2D eigenvalue weighted by Gasteiger charge is 2.08. The van der Waals surface area contributed by atoms with Crippen molar-refractivity contribution in [3.05, 3.63) is 65.2 Å². The fraction of sp³-hybridized carbons (Fsp3) is 0.133. The summed E-state index contributed by atoms with van der Waals surface area (Å²) in [6, 6.07) is 11.3. The number of carbonyl (C=O) groups excluding carboxylic acids is 1. The molecule has 1 heterocycles. The Labute approximate surface area is 115 Å². The van der Waals surface area contributed by atoms with E-state index in [0.29, 0.717) is 16.8 Å². The summed E-state index contributed by atoms with van der Waals surface area (Å²) in [5, 5.41) is 11.2. The highest BCUT2D eigenvalue weighted by molar-refractivity contribution is 5.94. The summed E-state index contributed by atoms with van der Waals surface area (Å²) < 4.78 is 13.4. The van der Waals surface area contributed by atoms with Gasteiger partial charge in [-0.15, -0.1) is 0 Å². The molecule has 2 rings (SSSR count). The normalized spacial score (nSPS) is 9.80. The van der Waals surface area contributed by atoms with Gasteiger partial charge in [-0.2, -0.15) is 5.26 Å². The molecule has 4 nitrogen and oxygen atoms in total. The van der Waals surface area contributed by atoms with Crippen molar-refractivity contribution in [3.8, 4) is 6.07 Å². The molecule has 20 heavy (non-hydrogen) atoms. The fourth-order valence-electron chi connectivity index (χ4n) is 1.72. The smallest absolute Gasteiger partial charge is 0.251 e. The van der Waals surface area contributed by atoms with Crippen molar-refractivity contribution in [2.45, 2.75) is 13.0 Å². The van der Waals surface area contributed by atoms with Crippen molar-refractivity contribution in [2.24, 2.45) is 0 Å². The minimum Gasteiger partial charge on any atom is -0.348 e. The third-order valence-electron chi connectivity index (χ3n) is 2.74. The third-order valence-corrected chi connectivity index (χ3v) is 2.74. The Morgan fingerprint density at radius 3 is 2.90 bits per heavy atom. The highest BCUT2D eigenvalue weighted by atomic mass is 19.1. The van der Waals surface area contributed by atoms with Gasteiger partial charge in [-0.1, -0.05) is 18.2 Å². The van der Waals surface area contributed by atoms with Gasteiger partial charge in [0.1, 0.15) is 5.82 Å². The van der Waals surface area contributed by atoms with Crippen molar-refractivity contribution >= 4 is 5.91 Å². The van der Waals surface area contributed by atoms with Gasteiger partial charge in [0.25, 0.3) is 5.91 Å². The lowest BCUT2D eigenvalue weighted by molar-refractivity contribution is 0.0950. The second kappa shape index (κ2) is 6.43. The molecule has 5 heteroatoms. The van der Waals surface area contributed by atoms with Crippen LogP contribution in [0.3, 0.4) is 0 Å². The zero-order chi connectivity index (χ0) is 14.4. The SMILES string of the molecule is N#CCc1cc(C(=O)NCc2ccccc2F)ccn1. The van der Waals surface area contributed by atoms with E-state index in [1.807, 2.05) is 6.07 Å². The van der Waals surface area contributed by atoms with Crippen LogP contribution in [0.1, 0.15) is 21.6 Å². The second-order valence-corrected chi connectivity index (χ2v) is 4.14. The zero-order valence-corrected chi connectivity index (χ0v) is 10.6. The molecule has 2 aromatic rings. The molecule has 0 saturated carbocycles. The van der Waals surface area contributed by atoms with Gasteiger partial charge in [0.05, 0.1) is 18.2 Å². The number of rotatable bonds is 4. The maximum absolute atomic E-state index is 13.4. The van der Waals surface area contributed by atoms with Crippen molar-refractivity contribution in [3.63, 3.8) is 0 Å². The van der Waals surface area contributed by atoms with Crippen LogP contribution in [-0.2, 0) is 13.0 Å². The van der Waals surface area contributed by atoms with E-state index in [4.69, 9.17) is 5.26 Å². The topological polar surface area (TPSA) is 65.8 Å². The maximum Gasteiger partial charge on any atom is 0.251 e. The Hall–Kier alpha value is -2.74. The van der Waals surface area contributed by atoms with Crippen LogP contribution in [0.2, 0.25) is 0 Å². The third kappa shape index (κ3) is 3.39. The average molecular weight is 269 g/mol. The lowest BCUT2D eigenvalue weighted by Crippen LogP contribution is -2.23. The number of aromatic nitrogens is 1. The monoisotopic (exact) mass is 269 g/mol. The lowest BCUT2D eigenvalue weighted by Gasteiger charge is -2.06. The van der Waals surface area contributed by atoms with Crippen LogP contribution in [0, 0.1) is 17.1 Å². The molecule has 0 atom stereocenters. The maximum atomic E-state index is 13.4. The summed E-state index contributed by atoms with van der Waals surface area (Å²) >= 11 is 0. The van der Waals surface area contributed by atoms with Gasteiger partial charge in [-0.05, 0) is 18.2 Å². The molecule has 0 saturated heterocycles. The van der Waals surface area contributed by atoms with Crippen LogP contribution in [0.15, 0.2) is 42.6 Å². The molecule has 0 bridgehead atoms. The number of nitrogens with zero attached hydrogens (tertiary/aromatic N) is 2. The van der Waals surface area contributed by atoms with E-state index in [9.17, 15) is 9.18 Å². The predicted molar refractivity (Wildman–Crippen MR) is 71.1 cm³/mol. The predicted octanol–water partition coefficient (Wildman–Crippen LogP) is 2.22. The van der Waals surface area contributed by atoms with Gasteiger partial charge >= 0.3 is 0 Å². The first-order valence-electron chi connectivity index (χ1n) is 6.04. The second-order valence-electron chi connectivity index (χ2n) is 4.14. The van der Waals surface area contributed by atoms with Crippen LogP contribution >= 0.6 is 0 Å². The fourth-order valence-corrected chi connectivity index (χ4v) is 1.72. The van der Waals surface area contributed by atoms with E-state index in [-0.39, 0.29) is 24.7 Å². The van der Waals surface area contributed by atoms with Gasteiger partial charge < -0.3 is 5.32 Å². The minimum absolute atomic E-state index is 0.113. The van der Waals surface area contributed by atoms with Crippen molar-refractivity contribution in [2.75, 3.05) is 0 Å². The quantitative estimate of drug-likeness (QED) is 0.925. The number of halogens is 1. The first-order chi connectivity index (χ1) is 9.70. The summed E-state index contributed by atoms with van der Waals surface area (Å²) in [5.74, 6) is -0.678. The molecule has 0 aliphatic carbocycles. The Balaban J connectivity index is 2.04. The Bertz CT molecular complexity index is 664. The Morgan fingerprint density at radius 2 is 2.15 bits per heavy atom.